The van der Waals surface area contributed by atoms with Crippen molar-refractivity contribution in [3.05, 3.63) is 12.4 Å². The van der Waals surface area contributed by atoms with Crippen LogP contribution in [0.5, 0.6) is 0 Å². The minimum Gasteiger partial charge on any atom is -0.357 e. The number of nitrogens with one attached hydrogen (secondary N) is 2. The molecular formula is C19H32IN7O2. The second-order valence-corrected chi connectivity index (χ2v) is 7.35. The summed E-state index contributed by atoms with van der Waals surface area (Å²) in [5.74, 6) is 1.20. The number of aryl methyl sites for hydroxylation is 1. The number of aliphatic imine (C=N–C) groups is 1. The van der Waals surface area contributed by atoms with Gasteiger partial charge in [0, 0.05) is 51.9 Å². The van der Waals surface area contributed by atoms with E-state index in [9.17, 15) is 9.59 Å². The van der Waals surface area contributed by atoms with Crippen LogP contribution < -0.4 is 15.5 Å². The van der Waals surface area contributed by atoms with E-state index in [0.717, 1.165) is 37.5 Å². The first-order chi connectivity index (χ1) is 13.6. The minimum absolute atomic E-state index is 0. The Morgan fingerprint density at radius 1 is 1.31 bits per heavy atom. The standard InChI is InChI=1S/C19H31N7O2.HI/c1-3-20-19(22-9-5-8-21-18(28)15-6-4-7-15)25-10-11-26(17(27)14-25)16-12-23-24(2)13-16;/h12-13,15H,3-11,14H2,1-2H3,(H,20,22)(H,21,28);1H. The monoisotopic (exact) mass is 517 g/mol. The smallest absolute Gasteiger partial charge is 0.246 e. The van der Waals surface area contributed by atoms with Crippen molar-refractivity contribution in [2.45, 2.75) is 32.6 Å². The van der Waals surface area contributed by atoms with Gasteiger partial charge in [-0.15, -0.1) is 24.0 Å². The van der Waals surface area contributed by atoms with E-state index in [2.05, 4.69) is 20.7 Å². The van der Waals surface area contributed by atoms with Crippen molar-refractivity contribution in [2.75, 3.05) is 44.2 Å². The summed E-state index contributed by atoms with van der Waals surface area (Å²) >= 11 is 0. The number of guanidine groups is 1. The lowest BCUT2D eigenvalue weighted by Gasteiger charge is -2.35. The molecule has 0 unspecified atom stereocenters. The number of nitrogens with zero attached hydrogens (tertiary/aromatic N) is 5. The molecule has 0 spiro atoms. The molecule has 2 aliphatic rings. The van der Waals surface area contributed by atoms with Crippen LogP contribution in [-0.2, 0) is 16.6 Å². The molecule has 1 aliphatic carbocycles. The Kier molecular flexibility index (Phi) is 9.18. The Morgan fingerprint density at radius 2 is 2.10 bits per heavy atom. The molecular weight excluding hydrogens is 485 g/mol. The number of rotatable bonds is 7. The Hall–Kier alpha value is -1.85. The maximum absolute atomic E-state index is 12.6. The quantitative estimate of drug-likeness (QED) is 0.243. The molecule has 2 amide bonds. The first kappa shape index (κ1) is 23.4. The van der Waals surface area contributed by atoms with E-state index in [0.29, 0.717) is 32.7 Å². The average molecular weight is 517 g/mol. The molecule has 9 nitrogen and oxygen atoms in total. The van der Waals surface area contributed by atoms with E-state index in [-0.39, 0.29) is 41.7 Å². The highest BCUT2D eigenvalue weighted by Gasteiger charge is 2.27. The highest BCUT2D eigenvalue weighted by atomic mass is 127. The predicted molar refractivity (Wildman–Crippen MR) is 123 cm³/mol. The SMILES string of the molecule is CCNC(=NCCCNC(=O)C1CCC1)N1CCN(c2cnn(C)c2)C(=O)C1.I. The molecule has 0 radical (unpaired) electrons. The van der Waals surface area contributed by atoms with Gasteiger partial charge in [-0.1, -0.05) is 6.42 Å². The third kappa shape index (κ3) is 6.31. The summed E-state index contributed by atoms with van der Waals surface area (Å²) in [5.41, 5.74) is 0.830. The molecule has 1 aromatic rings. The summed E-state index contributed by atoms with van der Waals surface area (Å²) in [4.78, 5) is 32.8. The van der Waals surface area contributed by atoms with Gasteiger partial charge in [-0.2, -0.15) is 5.10 Å². The van der Waals surface area contributed by atoms with E-state index < -0.39 is 0 Å². The lowest BCUT2D eigenvalue weighted by atomic mass is 9.85. The van der Waals surface area contributed by atoms with Crippen LogP contribution in [-0.4, -0.2) is 71.7 Å². The topological polar surface area (TPSA) is 94.9 Å². The molecule has 2 N–H and O–H groups in total. The molecule has 2 heterocycles. The second kappa shape index (κ2) is 11.4. The van der Waals surface area contributed by atoms with E-state index in [1.807, 2.05) is 25.1 Å². The van der Waals surface area contributed by atoms with Crippen LogP contribution >= 0.6 is 24.0 Å². The lowest BCUT2D eigenvalue weighted by Crippen LogP contribution is -2.55. The number of carbonyl (C=O) groups is 2. The largest absolute Gasteiger partial charge is 0.357 e. The molecule has 29 heavy (non-hydrogen) atoms. The van der Waals surface area contributed by atoms with Crippen LogP contribution in [0.15, 0.2) is 17.4 Å². The van der Waals surface area contributed by atoms with Gasteiger partial charge < -0.3 is 20.4 Å². The highest BCUT2D eigenvalue weighted by molar-refractivity contribution is 14.0. The van der Waals surface area contributed by atoms with Crippen LogP contribution in [0.1, 0.15) is 32.6 Å². The Balaban J connectivity index is 0.00000300. The van der Waals surface area contributed by atoms with Crippen molar-refractivity contribution in [2.24, 2.45) is 18.0 Å². The molecule has 3 rings (SSSR count). The Labute approximate surface area is 189 Å². The van der Waals surface area contributed by atoms with Crippen molar-refractivity contribution < 1.29 is 9.59 Å². The summed E-state index contributed by atoms with van der Waals surface area (Å²) < 4.78 is 1.70. The number of carbonyl (C=O) groups excluding carboxylic acids is 2. The fourth-order valence-electron chi connectivity index (χ4n) is 3.39. The van der Waals surface area contributed by atoms with E-state index in [4.69, 9.17) is 0 Å². The van der Waals surface area contributed by atoms with Crippen LogP contribution in [0, 0.1) is 5.92 Å². The molecule has 2 fully saturated rings. The van der Waals surface area contributed by atoms with Crippen molar-refractivity contribution >= 4 is 47.4 Å². The Bertz CT molecular complexity index is 717. The summed E-state index contributed by atoms with van der Waals surface area (Å²) in [6, 6.07) is 0. The first-order valence-electron chi connectivity index (χ1n) is 10.2. The van der Waals surface area contributed by atoms with Crippen molar-refractivity contribution in [3.63, 3.8) is 0 Å². The average Bonchev–Trinajstić information content (AvgIpc) is 3.05. The van der Waals surface area contributed by atoms with Gasteiger partial charge >= 0.3 is 0 Å². The fraction of sp³-hybridized carbons (Fsp3) is 0.684. The zero-order valence-corrected chi connectivity index (χ0v) is 19.6. The lowest BCUT2D eigenvalue weighted by molar-refractivity contribution is -0.127. The van der Waals surface area contributed by atoms with Gasteiger partial charge in [-0.05, 0) is 26.2 Å². The molecule has 0 bridgehead atoms. The molecule has 162 valence electrons. The molecule has 0 atom stereocenters. The van der Waals surface area contributed by atoms with E-state index >= 15 is 0 Å². The summed E-state index contributed by atoms with van der Waals surface area (Å²) in [6.07, 6.45) is 7.56. The zero-order valence-electron chi connectivity index (χ0n) is 17.3. The molecule has 0 aromatic carbocycles. The van der Waals surface area contributed by atoms with Crippen molar-refractivity contribution in [1.82, 2.24) is 25.3 Å². The normalized spacial score (nSPS) is 17.6. The van der Waals surface area contributed by atoms with Gasteiger partial charge in [0.05, 0.1) is 11.9 Å². The number of amides is 2. The van der Waals surface area contributed by atoms with Gasteiger partial charge in [-0.25, -0.2) is 0 Å². The summed E-state index contributed by atoms with van der Waals surface area (Å²) in [6.45, 7) is 5.63. The first-order valence-corrected chi connectivity index (χ1v) is 10.2. The van der Waals surface area contributed by atoms with Crippen molar-refractivity contribution in [1.29, 1.82) is 0 Å². The van der Waals surface area contributed by atoms with Crippen molar-refractivity contribution in [3.8, 4) is 0 Å². The number of piperazine rings is 1. The van der Waals surface area contributed by atoms with E-state index in [1.165, 1.54) is 6.42 Å². The Morgan fingerprint density at radius 3 is 2.69 bits per heavy atom. The van der Waals surface area contributed by atoms with E-state index in [1.54, 1.807) is 15.8 Å². The van der Waals surface area contributed by atoms with Gasteiger partial charge in [0.15, 0.2) is 5.96 Å². The predicted octanol–water partition coefficient (Wildman–Crippen LogP) is 0.959. The molecule has 10 heteroatoms. The third-order valence-electron chi connectivity index (χ3n) is 5.23. The molecule has 1 saturated heterocycles. The maximum Gasteiger partial charge on any atom is 0.246 e. The van der Waals surface area contributed by atoms with Crippen LogP contribution in [0.25, 0.3) is 0 Å². The summed E-state index contributed by atoms with van der Waals surface area (Å²) in [7, 11) is 1.84. The van der Waals surface area contributed by atoms with Crippen LogP contribution in [0.2, 0.25) is 0 Å². The second-order valence-electron chi connectivity index (χ2n) is 7.35. The van der Waals surface area contributed by atoms with Gasteiger partial charge in [0.25, 0.3) is 0 Å². The molecule has 1 aliphatic heterocycles. The van der Waals surface area contributed by atoms with Gasteiger partial charge in [0.1, 0.15) is 6.54 Å². The fourth-order valence-corrected chi connectivity index (χ4v) is 3.39. The summed E-state index contributed by atoms with van der Waals surface area (Å²) in [5, 5.41) is 10.4. The third-order valence-corrected chi connectivity index (χ3v) is 5.23. The minimum atomic E-state index is 0. The zero-order chi connectivity index (χ0) is 19.9. The van der Waals surface area contributed by atoms with Gasteiger partial charge in [-0.3, -0.25) is 19.3 Å². The number of hydrogen-bond acceptors (Lipinski definition) is 4. The number of hydrogen-bond donors (Lipinski definition) is 2. The van der Waals surface area contributed by atoms with Gasteiger partial charge in [0.2, 0.25) is 11.8 Å². The molecule has 1 saturated carbocycles. The molecule has 1 aromatic heterocycles. The highest BCUT2D eigenvalue weighted by Crippen LogP contribution is 2.26. The number of anilines is 1. The number of halogens is 1. The van der Waals surface area contributed by atoms with Crippen LogP contribution in [0.3, 0.4) is 0 Å². The maximum atomic E-state index is 12.6. The van der Waals surface area contributed by atoms with Crippen LogP contribution in [0.4, 0.5) is 5.69 Å². The number of aromatic nitrogens is 2.